The first-order valence-electron chi connectivity index (χ1n) is 12.8. The van der Waals surface area contributed by atoms with Crippen LogP contribution >= 0.6 is 0 Å². The standard InChI is InChI=1S/C28H34FN3O6Si/c1-6-36-25(34)28(32-18-23(29)24(33)30-26(32)35)17-20(31(5)38-28)19-37-39(27(2,3)4,21-13-9-7-10-14-21)22-15-11-8-12-16-22/h7-16,18,20H,6,17,19H2,1-5H3,(H,30,33,35)/t20-,28-/m0/s1. The van der Waals surface area contributed by atoms with Gasteiger partial charge in [-0.15, -0.1) is 0 Å². The molecule has 0 unspecified atom stereocenters. The van der Waals surface area contributed by atoms with E-state index in [1.165, 1.54) is 5.06 Å². The summed E-state index contributed by atoms with van der Waals surface area (Å²) in [5, 5.41) is 3.32. The highest BCUT2D eigenvalue weighted by atomic mass is 28.4. The highest BCUT2D eigenvalue weighted by Gasteiger charge is 2.56. The van der Waals surface area contributed by atoms with Gasteiger partial charge in [0.2, 0.25) is 5.82 Å². The fraction of sp³-hybridized carbons (Fsp3) is 0.393. The third kappa shape index (κ3) is 5.14. The van der Waals surface area contributed by atoms with Crippen LogP contribution in [0.2, 0.25) is 5.04 Å². The Morgan fingerprint density at radius 3 is 2.18 bits per heavy atom. The SMILES string of the molecule is CCOC(=O)[C@]1(n2cc(F)c(=O)[nH]c2=O)C[C@@H](CO[Si](c2ccccc2)(c2ccccc2)C(C)(C)C)N(C)O1. The quantitative estimate of drug-likeness (QED) is 0.336. The number of aromatic nitrogens is 2. The van der Waals surface area contributed by atoms with Crippen molar-refractivity contribution in [2.24, 2.45) is 0 Å². The number of nitrogens with one attached hydrogen (secondary N) is 1. The molecule has 1 saturated heterocycles. The summed E-state index contributed by atoms with van der Waals surface area (Å²) < 4.78 is 27.3. The molecule has 2 atom stereocenters. The van der Waals surface area contributed by atoms with Gasteiger partial charge < -0.3 is 9.16 Å². The van der Waals surface area contributed by atoms with Crippen LogP contribution in [-0.4, -0.2) is 55.2 Å². The summed E-state index contributed by atoms with van der Waals surface area (Å²) in [5.41, 5.74) is -4.20. The molecule has 1 aliphatic rings. The zero-order chi connectivity index (χ0) is 28.4. The molecule has 0 aliphatic carbocycles. The molecule has 2 heterocycles. The number of likely N-dealkylation sites (N-methyl/N-ethyl adjacent to an activating group) is 1. The fourth-order valence-electron chi connectivity index (χ4n) is 5.27. The lowest BCUT2D eigenvalue weighted by Gasteiger charge is -2.43. The van der Waals surface area contributed by atoms with Crippen LogP contribution < -0.4 is 21.6 Å². The Balaban J connectivity index is 1.76. The normalized spacial score (nSPS) is 20.2. The molecular formula is C28H34FN3O6Si. The van der Waals surface area contributed by atoms with Gasteiger partial charge >= 0.3 is 11.7 Å². The van der Waals surface area contributed by atoms with Gasteiger partial charge in [-0.05, 0) is 22.3 Å². The second-order valence-electron chi connectivity index (χ2n) is 10.6. The summed E-state index contributed by atoms with van der Waals surface area (Å²) in [6, 6.07) is 19.7. The monoisotopic (exact) mass is 555 g/mol. The Morgan fingerprint density at radius 1 is 1.10 bits per heavy atom. The molecule has 0 radical (unpaired) electrons. The summed E-state index contributed by atoms with van der Waals surface area (Å²) in [5.74, 6) is -2.10. The lowest BCUT2D eigenvalue weighted by molar-refractivity contribution is -0.238. The van der Waals surface area contributed by atoms with E-state index < -0.39 is 43.1 Å². The Labute approximate surface area is 227 Å². The largest absolute Gasteiger partial charge is 0.462 e. The number of carbonyl (C=O) groups is 1. The van der Waals surface area contributed by atoms with Crippen molar-refractivity contribution in [2.45, 2.75) is 50.9 Å². The smallest absolute Gasteiger partial charge is 0.362 e. The lowest BCUT2D eigenvalue weighted by Crippen LogP contribution is -2.67. The maximum Gasteiger partial charge on any atom is 0.362 e. The number of hydrogen-bond donors (Lipinski definition) is 1. The molecule has 1 aliphatic heterocycles. The van der Waals surface area contributed by atoms with E-state index in [9.17, 15) is 18.8 Å². The van der Waals surface area contributed by atoms with E-state index in [2.05, 4.69) is 45.0 Å². The van der Waals surface area contributed by atoms with Gasteiger partial charge in [0.25, 0.3) is 19.6 Å². The molecule has 1 N–H and O–H groups in total. The van der Waals surface area contributed by atoms with E-state index >= 15 is 0 Å². The third-order valence-corrected chi connectivity index (χ3v) is 12.1. The van der Waals surface area contributed by atoms with E-state index in [0.717, 1.165) is 14.9 Å². The maximum atomic E-state index is 14.3. The van der Waals surface area contributed by atoms with Crippen molar-refractivity contribution in [3.05, 3.63) is 93.5 Å². The minimum atomic E-state index is -2.92. The van der Waals surface area contributed by atoms with Gasteiger partial charge in [0, 0.05) is 13.5 Å². The molecule has 11 heteroatoms. The molecule has 0 amide bonds. The van der Waals surface area contributed by atoms with Crippen molar-refractivity contribution < 1.29 is 23.2 Å². The second-order valence-corrected chi connectivity index (χ2v) is 14.9. The highest BCUT2D eigenvalue weighted by Crippen LogP contribution is 2.39. The zero-order valence-electron chi connectivity index (χ0n) is 22.8. The van der Waals surface area contributed by atoms with Gasteiger partial charge in [-0.2, -0.15) is 9.45 Å². The van der Waals surface area contributed by atoms with Gasteiger partial charge in [0.05, 0.1) is 25.5 Å². The first-order valence-corrected chi connectivity index (χ1v) is 14.7. The number of nitrogens with zero attached hydrogens (tertiary/aromatic N) is 2. The molecule has 4 rings (SSSR count). The van der Waals surface area contributed by atoms with Crippen molar-refractivity contribution >= 4 is 24.7 Å². The summed E-state index contributed by atoms with van der Waals surface area (Å²) in [4.78, 5) is 45.5. The van der Waals surface area contributed by atoms with Crippen LogP contribution in [0.15, 0.2) is 76.4 Å². The molecule has 1 aromatic heterocycles. The molecule has 208 valence electrons. The van der Waals surface area contributed by atoms with Crippen LogP contribution in [0.5, 0.6) is 0 Å². The predicted molar refractivity (Wildman–Crippen MR) is 147 cm³/mol. The molecule has 1 fully saturated rings. The topological polar surface area (TPSA) is 103 Å². The van der Waals surface area contributed by atoms with Crippen molar-refractivity contribution in [2.75, 3.05) is 20.3 Å². The summed E-state index contributed by atoms with van der Waals surface area (Å²) in [6.45, 7) is 8.23. The van der Waals surface area contributed by atoms with Gasteiger partial charge in [0.15, 0.2) is 0 Å². The summed E-state index contributed by atoms with van der Waals surface area (Å²) >= 11 is 0. The van der Waals surface area contributed by atoms with Crippen molar-refractivity contribution in [3.8, 4) is 0 Å². The molecule has 39 heavy (non-hydrogen) atoms. The minimum Gasteiger partial charge on any atom is -0.462 e. The Morgan fingerprint density at radius 2 is 1.67 bits per heavy atom. The van der Waals surface area contributed by atoms with Crippen molar-refractivity contribution in [1.29, 1.82) is 0 Å². The Kier molecular flexibility index (Phi) is 8.08. The number of ether oxygens (including phenoxy) is 1. The van der Waals surface area contributed by atoms with E-state index in [-0.39, 0.29) is 24.7 Å². The number of benzene rings is 2. The third-order valence-electron chi connectivity index (χ3n) is 7.11. The molecule has 0 bridgehead atoms. The first kappa shape index (κ1) is 28.6. The van der Waals surface area contributed by atoms with Gasteiger partial charge in [-0.3, -0.25) is 19.2 Å². The number of carbonyl (C=O) groups excluding carboxylic acids is 1. The van der Waals surface area contributed by atoms with Crippen LogP contribution in [0.1, 0.15) is 34.1 Å². The van der Waals surface area contributed by atoms with E-state index in [1.54, 1.807) is 14.0 Å². The van der Waals surface area contributed by atoms with Crippen molar-refractivity contribution in [1.82, 2.24) is 14.6 Å². The van der Waals surface area contributed by atoms with Crippen LogP contribution in [0.3, 0.4) is 0 Å². The number of halogens is 1. The number of rotatable bonds is 8. The number of aromatic amines is 1. The summed E-state index contributed by atoms with van der Waals surface area (Å²) in [7, 11) is -1.30. The number of esters is 1. The van der Waals surface area contributed by atoms with Crippen molar-refractivity contribution in [3.63, 3.8) is 0 Å². The zero-order valence-corrected chi connectivity index (χ0v) is 23.8. The maximum absolute atomic E-state index is 14.3. The Hall–Kier alpha value is -3.38. The predicted octanol–water partition coefficient (Wildman–Crippen LogP) is 2.10. The molecule has 0 spiro atoms. The molecule has 0 saturated carbocycles. The van der Waals surface area contributed by atoms with E-state index in [1.807, 2.05) is 41.4 Å². The average Bonchev–Trinajstić information content (AvgIpc) is 3.24. The fourth-order valence-corrected chi connectivity index (χ4v) is 9.86. The van der Waals surface area contributed by atoms with Gasteiger partial charge in [0.1, 0.15) is 0 Å². The number of hydroxylamine groups is 2. The summed E-state index contributed by atoms with van der Waals surface area (Å²) in [6.07, 6.45) is 0.600. The van der Waals surface area contributed by atoms with E-state index in [0.29, 0.717) is 6.20 Å². The van der Waals surface area contributed by atoms with Crippen LogP contribution in [0, 0.1) is 5.82 Å². The van der Waals surface area contributed by atoms with Crippen LogP contribution in [-0.2, 0) is 24.5 Å². The molecule has 2 aromatic carbocycles. The minimum absolute atomic E-state index is 0.0114. The highest BCUT2D eigenvalue weighted by molar-refractivity contribution is 6.99. The number of H-pyrrole nitrogens is 1. The van der Waals surface area contributed by atoms with Gasteiger partial charge in [-0.1, -0.05) is 81.4 Å². The first-order chi connectivity index (χ1) is 18.5. The van der Waals surface area contributed by atoms with Crippen LogP contribution in [0.25, 0.3) is 0 Å². The van der Waals surface area contributed by atoms with E-state index in [4.69, 9.17) is 14.0 Å². The second kappa shape index (κ2) is 11.0. The Bertz CT molecular complexity index is 1380. The number of hydrogen-bond acceptors (Lipinski definition) is 7. The van der Waals surface area contributed by atoms with Crippen LogP contribution in [0.4, 0.5) is 4.39 Å². The van der Waals surface area contributed by atoms with Gasteiger partial charge in [-0.25, -0.2) is 9.59 Å². The average molecular weight is 556 g/mol. The molecule has 9 nitrogen and oxygen atoms in total. The molecule has 3 aromatic rings. The molecular weight excluding hydrogens is 521 g/mol. The lowest BCUT2D eigenvalue weighted by atomic mass is 10.1.